The summed E-state index contributed by atoms with van der Waals surface area (Å²) in [5, 5.41) is 3.17. The lowest BCUT2D eigenvalue weighted by Crippen LogP contribution is -2.31. The van der Waals surface area contributed by atoms with Crippen molar-refractivity contribution in [1.82, 2.24) is 9.88 Å². The number of rotatable bonds is 3. The van der Waals surface area contributed by atoms with Crippen molar-refractivity contribution in [2.75, 3.05) is 0 Å². The van der Waals surface area contributed by atoms with Crippen molar-refractivity contribution in [1.29, 1.82) is 0 Å². The van der Waals surface area contributed by atoms with Crippen LogP contribution in [0.1, 0.15) is 59.6 Å². The Morgan fingerprint density at radius 1 is 1.38 bits per heavy atom. The van der Waals surface area contributed by atoms with Gasteiger partial charge in [0.25, 0.3) is 5.91 Å². The average Bonchev–Trinajstić information content (AvgIpc) is 3.06. The number of nitrogens with zero attached hydrogens (tertiary/aromatic N) is 1. The van der Waals surface area contributed by atoms with Crippen LogP contribution in [-0.2, 0) is 6.42 Å². The van der Waals surface area contributed by atoms with Crippen LogP contribution >= 0.6 is 15.9 Å². The smallest absolute Gasteiger partial charge is 0.268 e. The first-order chi connectivity index (χ1) is 10.2. The van der Waals surface area contributed by atoms with E-state index in [2.05, 4.69) is 25.8 Å². The largest absolute Gasteiger partial charge is 0.469 e. The molecular formula is C16H17BrN2O2. The van der Waals surface area contributed by atoms with Gasteiger partial charge in [0.05, 0.1) is 12.3 Å². The van der Waals surface area contributed by atoms with Crippen LogP contribution in [0.5, 0.6) is 0 Å². The van der Waals surface area contributed by atoms with Gasteiger partial charge in [-0.2, -0.15) is 0 Å². The lowest BCUT2D eigenvalue weighted by Gasteiger charge is -2.23. The second-order valence-electron chi connectivity index (χ2n) is 5.90. The molecule has 1 unspecified atom stereocenters. The van der Waals surface area contributed by atoms with Crippen molar-refractivity contribution < 1.29 is 9.21 Å². The van der Waals surface area contributed by atoms with Gasteiger partial charge in [0.15, 0.2) is 0 Å². The molecule has 1 amide bonds. The molecule has 0 saturated heterocycles. The molecule has 2 aromatic heterocycles. The van der Waals surface area contributed by atoms with E-state index in [1.807, 2.05) is 18.3 Å². The fourth-order valence-electron chi connectivity index (χ4n) is 3.15. The van der Waals surface area contributed by atoms with Crippen LogP contribution in [0.4, 0.5) is 0 Å². The Morgan fingerprint density at radius 2 is 2.24 bits per heavy atom. The predicted octanol–water partition coefficient (Wildman–Crippen LogP) is 3.99. The van der Waals surface area contributed by atoms with Crippen LogP contribution in [0.2, 0.25) is 0 Å². The summed E-state index contributed by atoms with van der Waals surface area (Å²) in [6.07, 6.45) is 9.06. The van der Waals surface area contributed by atoms with Gasteiger partial charge < -0.3 is 14.3 Å². The number of amides is 1. The summed E-state index contributed by atoms with van der Waals surface area (Å²) in [6, 6.07) is 4.46. The van der Waals surface area contributed by atoms with Crippen LogP contribution in [-0.4, -0.2) is 10.5 Å². The maximum absolute atomic E-state index is 12.6. The van der Waals surface area contributed by atoms with Gasteiger partial charge in [0.2, 0.25) is 0 Å². The van der Waals surface area contributed by atoms with Gasteiger partial charge in [0.1, 0.15) is 11.5 Å². The normalized spacial score (nSPS) is 21.1. The third-order valence-electron chi connectivity index (χ3n) is 4.35. The number of aromatic nitrogens is 1. The molecule has 110 valence electrons. The van der Waals surface area contributed by atoms with E-state index in [0.29, 0.717) is 6.04 Å². The Morgan fingerprint density at radius 3 is 3.05 bits per heavy atom. The van der Waals surface area contributed by atoms with E-state index in [0.717, 1.165) is 53.6 Å². The highest BCUT2D eigenvalue weighted by molar-refractivity contribution is 9.10. The van der Waals surface area contributed by atoms with E-state index in [1.165, 1.54) is 0 Å². The lowest BCUT2D eigenvalue weighted by atomic mass is 9.93. The quantitative estimate of drug-likeness (QED) is 0.911. The SMILES string of the molecule is O=C(NC1CCCc2occc21)c1cc(Br)cn1C1CC1. The molecule has 2 aliphatic carbocycles. The molecule has 0 radical (unpaired) electrons. The van der Waals surface area contributed by atoms with Crippen molar-refractivity contribution in [3.8, 4) is 0 Å². The van der Waals surface area contributed by atoms with Gasteiger partial charge in [-0.1, -0.05) is 0 Å². The fourth-order valence-corrected chi connectivity index (χ4v) is 3.59. The van der Waals surface area contributed by atoms with E-state index >= 15 is 0 Å². The first kappa shape index (κ1) is 13.2. The number of carbonyl (C=O) groups is 1. The van der Waals surface area contributed by atoms with Gasteiger partial charge in [0, 0.05) is 28.7 Å². The second kappa shape index (κ2) is 5.05. The summed E-state index contributed by atoms with van der Waals surface area (Å²) in [5.74, 6) is 1.02. The zero-order valence-electron chi connectivity index (χ0n) is 11.6. The lowest BCUT2D eigenvalue weighted by molar-refractivity contribution is 0.0922. The van der Waals surface area contributed by atoms with E-state index in [9.17, 15) is 4.79 Å². The van der Waals surface area contributed by atoms with Gasteiger partial charge in [-0.05, 0) is 53.7 Å². The third-order valence-corrected chi connectivity index (χ3v) is 4.78. The van der Waals surface area contributed by atoms with Gasteiger partial charge in [-0.25, -0.2) is 0 Å². The highest BCUT2D eigenvalue weighted by Crippen LogP contribution is 2.38. The van der Waals surface area contributed by atoms with Crippen LogP contribution in [0.3, 0.4) is 0 Å². The molecule has 1 atom stereocenters. The molecule has 0 aromatic carbocycles. The number of carbonyl (C=O) groups excluding carboxylic acids is 1. The second-order valence-corrected chi connectivity index (χ2v) is 6.82. The molecule has 0 bridgehead atoms. The van der Waals surface area contributed by atoms with Gasteiger partial charge in [-0.3, -0.25) is 4.79 Å². The minimum atomic E-state index is 0.00616. The highest BCUT2D eigenvalue weighted by atomic mass is 79.9. The first-order valence-electron chi connectivity index (χ1n) is 7.47. The zero-order chi connectivity index (χ0) is 14.4. The number of halogens is 1. The average molecular weight is 349 g/mol. The van der Waals surface area contributed by atoms with Gasteiger partial charge in [-0.15, -0.1) is 0 Å². The van der Waals surface area contributed by atoms with Crippen LogP contribution in [0, 0.1) is 0 Å². The van der Waals surface area contributed by atoms with E-state index in [4.69, 9.17) is 4.42 Å². The Balaban J connectivity index is 1.57. The molecule has 1 N–H and O–H groups in total. The maximum Gasteiger partial charge on any atom is 0.268 e. The summed E-state index contributed by atoms with van der Waals surface area (Å²) in [6.45, 7) is 0. The Bertz CT molecular complexity index is 684. The van der Waals surface area contributed by atoms with Crippen molar-refractivity contribution in [2.45, 2.75) is 44.2 Å². The van der Waals surface area contributed by atoms with E-state index < -0.39 is 0 Å². The number of fused-ring (bicyclic) bond motifs is 1. The molecular weight excluding hydrogens is 332 g/mol. The molecule has 1 saturated carbocycles. The summed E-state index contributed by atoms with van der Waals surface area (Å²) in [5.41, 5.74) is 1.89. The minimum absolute atomic E-state index is 0.00616. The number of hydrogen-bond donors (Lipinski definition) is 1. The van der Waals surface area contributed by atoms with Gasteiger partial charge >= 0.3 is 0 Å². The summed E-state index contributed by atoms with van der Waals surface area (Å²) in [4.78, 5) is 12.6. The standard InChI is InChI=1S/C16H17BrN2O2/c17-10-8-14(19(9-10)11-4-5-11)16(20)18-13-2-1-3-15-12(13)6-7-21-15/h6-9,11,13H,1-5H2,(H,18,20). The van der Waals surface area contributed by atoms with Crippen LogP contribution in [0.25, 0.3) is 0 Å². The minimum Gasteiger partial charge on any atom is -0.469 e. The van der Waals surface area contributed by atoms with Crippen molar-refractivity contribution in [3.63, 3.8) is 0 Å². The third kappa shape index (κ3) is 2.44. The fraction of sp³-hybridized carbons (Fsp3) is 0.438. The summed E-state index contributed by atoms with van der Waals surface area (Å²) in [7, 11) is 0. The predicted molar refractivity (Wildman–Crippen MR) is 82.3 cm³/mol. The number of aryl methyl sites for hydroxylation is 1. The molecule has 1 fully saturated rings. The Labute approximate surface area is 131 Å². The maximum atomic E-state index is 12.6. The molecule has 2 aromatic rings. The van der Waals surface area contributed by atoms with Crippen molar-refractivity contribution >= 4 is 21.8 Å². The molecule has 5 heteroatoms. The molecule has 4 nitrogen and oxygen atoms in total. The number of nitrogens with one attached hydrogen (secondary N) is 1. The Kier molecular flexibility index (Phi) is 3.17. The summed E-state index contributed by atoms with van der Waals surface area (Å²) < 4.78 is 8.55. The van der Waals surface area contributed by atoms with E-state index in [-0.39, 0.29) is 11.9 Å². The zero-order valence-corrected chi connectivity index (χ0v) is 13.2. The first-order valence-corrected chi connectivity index (χ1v) is 8.26. The molecule has 4 rings (SSSR count). The molecule has 0 spiro atoms. The number of furan rings is 1. The molecule has 21 heavy (non-hydrogen) atoms. The van der Waals surface area contributed by atoms with E-state index in [1.54, 1.807) is 6.26 Å². The monoisotopic (exact) mass is 348 g/mol. The van der Waals surface area contributed by atoms with Crippen molar-refractivity contribution in [2.24, 2.45) is 0 Å². The highest BCUT2D eigenvalue weighted by Gasteiger charge is 2.30. The molecule has 2 heterocycles. The topological polar surface area (TPSA) is 47.2 Å². The number of hydrogen-bond acceptors (Lipinski definition) is 2. The Hall–Kier alpha value is -1.49. The van der Waals surface area contributed by atoms with Crippen LogP contribution in [0.15, 0.2) is 33.5 Å². The summed E-state index contributed by atoms with van der Waals surface area (Å²) >= 11 is 3.48. The molecule has 0 aliphatic heterocycles. The van der Waals surface area contributed by atoms with Crippen molar-refractivity contribution in [3.05, 3.63) is 46.1 Å². The molecule has 2 aliphatic rings. The van der Waals surface area contributed by atoms with Crippen LogP contribution < -0.4 is 5.32 Å².